The minimum Gasteiger partial charge on any atom is -0.427 e. The Morgan fingerprint density at radius 2 is 2.26 bits per heavy atom. The molecule has 0 saturated carbocycles. The minimum atomic E-state index is -3.14. The Morgan fingerprint density at radius 1 is 1.52 bits per heavy atom. The summed E-state index contributed by atoms with van der Waals surface area (Å²) in [7, 11) is 0. The number of alkyl halides is 2. The first-order valence-electron chi connectivity index (χ1n) is 7.12. The number of piperidine rings is 1. The van der Waals surface area contributed by atoms with Gasteiger partial charge in [0.25, 0.3) is 0 Å². The van der Waals surface area contributed by atoms with Crippen molar-refractivity contribution in [2.75, 3.05) is 18.0 Å². The van der Waals surface area contributed by atoms with Gasteiger partial charge in [0.15, 0.2) is 0 Å². The summed E-state index contributed by atoms with van der Waals surface area (Å²) in [6.45, 7) is -0.537. The fourth-order valence-corrected chi connectivity index (χ4v) is 2.66. The standard InChI is InChI=1S/C14H17F2N3O4/c1-9(20)17-10-3-2-6-18(8-10)11-4-5-12(19(21)22)13(7-11)23-14(15)16/h4-5,7,10,14H,2-3,6,8H2,1H3,(H,17,20)/t10-/m1/s1. The van der Waals surface area contributed by atoms with Gasteiger partial charge >= 0.3 is 12.3 Å². The molecule has 9 heteroatoms. The molecule has 7 nitrogen and oxygen atoms in total. The van der Waals surface area contributed by atoms with Crippen molar-refractivity contribution in [3.63, 3.8) is 0 Å². The molecule has 1 heterocycles. The number of halogens is 2. The fraction of sp³-hybridized carbons (Fsp3) is 0.500. The van der Waals surface area contributed by atoms with Gasteiger partial charge in [-0.2, -0.15) is 8.78 Å². The molecule has 1 saturated heterocycles. The number of benzene rings is 1. The highest BCUT2D eigenvalue weighted by Gasteiger charge is 2.24. The van der Waals surface area contributed by atoms with Gasteiger partial charge in [0.1, 0.15) is 0 Å². The number of anilines is 1. The first kappa shape index (κ1) is 16.9. The van der Waals surface area contributed by atoms with E-state index in [-0.39, 0.29) is 11.9 Å². The number of ether oxygens (including phenoxy) is 1. The molecule has 1 atom stereocenters. The number of rotatable bonds is 5. The average Bonchev–Trinajstić information content (AvgIpc) is 2.45. The number of hydrogen-bond donors (Lipinski definition) is 1. The van der Waals surface area contributed by atoms with Crippen LogP contribution in [0.25, 0.3) is 0 Å². The highest BCUT2D eigenvalue weighted by atomic mass is 19.3. The molecule has 126 valence electrons. The van der Waals surface area contributed by atoms with Crippen LogP contribution in [0.2, 0.25) is 0 Å². The molecule has 0 unspecified atom stereocenters. The van der Waals surface area contributed by atoms with E-state index in [0.29, 0.717) is 18.8 Å². The van der Waals surface area contributed by atoms with Crippen molar-refractivity contribution in [1.82, 2.24) is 5.32 Å². The normalized spacial score (nSPS) is 17.9. The number of nitro benzene ring substituents is 1. The van der Waals surface area contributed by atoms with Crippen molar-refractivity contribution in [2.45, 2.75) is 32.4 Å². The van der Waals surface area contributed by atoms with Crippen LogP contribution in [-0.2, 0) is 4.79 Å². The van der Waals surface area contributed by atoms with E-state index in [2.05, 4.69) is 10.1 Å². The van der Waals surface area contributed by atoms with E-state index in [9.17, 15) is 23.7 Å². The lowest BCUT2D eigenvalue weighted by atomic mass is 10.0. The molecule has 1 aliphatic heterocycles. The number of hydrogen-bond acceptors (Lipinski definition) is 5. The maximum absolute atomic E-state index is 12.4. The largest absolute Gasteiger partial charge is 0.427 e. The van der Waals surface area contributed by atoms with Gasteiger partial charge in [-0.1, -0.05) is 0 Å². The molecule has 1 aliphatic rings. The Labute approximate surface area is 131 Å². The highest BCUT2D eigenvalue weighted by molar-refractivity contribution is 5.73. The van der Waals surface area contributed by atoms with Gasteiger partial charge in [-0.15, -0.1) is 0 Å². The number of carbonyl (C=O) groups excluding carboxylic acids is 1. The van der Waals surface area contributed by atoms with Crippen molar-refractivity contribution in [3.05, 3.63) is 28.3 Å². The maximum atomic E-state index is 12.4. The van der Waals surface area contributed by atoms with Crippen LogP contribution in [-0.4, -0.2) is 36.6 Å². The summed E-state index contributed by atoms with van der Waals surface area (Å²) in [5, 5.41) is 13.7. The van der Waals surface area contributed by atoms with Gasteiger partial charge in [-0.3, -0.25) is 14.9 Å². The Morgan fingerprint density at radius 3 is 2.87 bits per heavy atom. The van der Waals surface area contributed by atoms with Gasteiger partial charge in [0, 0.05) is 43.9 Å². The van der Waals surface area contributed by atoms with E-state index in [4.69, 9.17) is 0 Å². The van der Waals surface area contributed by atoms with Crippen LogP contribution in [0.1, 0.15) is 19.8 Å². The van der Waals surface area contributed by atoms with Crippen molar-refractivity contribution in [1.29, 1.82) is 0 Å². The van der Waals surface area contributed by atoms with E-state index in [1.54, 1.807) is 0 Å². The van der Waals surface area contributed by atoms with Crippen LogP contribution >= 0.6 is 0 Å². The van der Waals surface area contributed by atoms with E-state index < -0.39 is 23.0 Å². The van der Waals surface area contributed by atoms with Gasteiger partial charge in [0.05, 0.1) is 4.92 Å². The Bertz CT molecular complexity index is 597. The van der Waals surface area contributed by atoms with Crippen molar-refractivity contribution >= 4 is 17.3 Å². The Hall–Kier alpha value is -2.45. The van der Waals surface area contributed by atoms with Gasteiger partial charge in [-0.25, -0.2) is 0 Å². The summed E-state index contributed by atoms with van der Waals surface area (Å²) in [4.78, 5) is 23.1. The number of nitrogens with zero attached hydrogens (tertiary/aromatic N) is 2. The molecule has 1 aromatic rings. The van der Waals surface area contributed by atoms with E-state index in [1.165, 1.54) is 19.1 Å². The Balaban J connectivity index is 2.21. The first-order valence-corrected chi connectivity index (χ1v) is 7.12. The lowest BCUT2D eigenvalue weighted by molar-refractivity contribution is -0.386. The third-order valence-corrected chi connectivity index (χ3v) is 3.55. The second-order valence-corrected chi connectivity index (χ2v) is 5.27. The lowest BCUT2D eigenvalue weighted by Crippen LogP contribution is -2.47. The summed E-state index contributed by atoms with van der Waals surface area (Å²) in [6.07, 6.45) is 1.64. The molecule has 0 aromatic heterocycles. The van der Waals surface area contributed by atoms with Crippen LogP contribution < -0.4 is 15.0 Å². The predicted molar refractivity (Wildman–Crippen MR) is 78.8 cm³/mol. The molecule has 1 N–H and O–H groups in total. The van der Waals surface area contributed by atoms with E-state index in [0.717, 1.165) is 18.9 Å². The Kier molecular flexibility index (Phi) is 5.30. The zero-order chi connectivity index (χ0) is 17.0. The molecule has 0 radical (unpaired) electrons. The first-order chi connectivity index (χ1) is 10.9. The predicted octanol–water partition coefficient (Wildman–Crippen LogP) is 2.30. The lowest BCUT2D eigenvalue weighted by Gasteiger charge is -2.34. The summed E-state index contributed by atoms with van der Waals surface area (Å²) in [5.74, 6) is -0.605. The number of amides is 1. The number of carbonyl (C=O) groups is 1. The quantitative estimate of drug-likeness (QED) is 0.662. The van der Waals surface area contributed by atoms with Gasteiger partial charge < -0.3 is 15.0 Å². The zero-order valence-electron chi connectivity index (χ0n) is 12.5. The zero-order valence-corrected chi connectivity index (χ0v) is 12.5. The summed E-state index contributed by atoms with van der Waals surface area (Å²) in [6, 6.07) is 3.83. The highest BCUT2D eigenvalue weighted by Crippen LogP contribution is 2.33. The van der Waals surface area contributed by atoms with Crippen LogP contribution in [0.15, 0.2) is 18.2 Å². The SMILES string of the molecule is CC(=O)N[C@@H]1CCCN(c2ccc([N+](=O)[O-])c(OC(F)F)c2)C1. The number of nitro groups is 1. The molecule has 1 aromatic carbocycles. The van der Waals surface area contributed by atoms with Crippen LogP contribution in [0.4, 0.5) is 20.2 Å². The van der Waals surface area contributed by atoms with E-state index >= 15 is 0 Å². The molecule has 1 fully saturated rings. The van der Waals surface area contributed by atoms with Gasteiger partial charge in [-0.05, 0) is 18.9 Å². The van der Waals surface area contributed by atoms with Gasteiger partial charge in [0.2, 0.25) is 11.7 Å². The fourth-order valence-electron chi connectivity index (χ4n) is 2.66. The second kappa shape index (κ2) is 7.21. The smallest absolute Gasteiger partial charge is 0.387 e. The molecule has 23 heavy (non-hydrogen) atoms. The topological polar surface area (TPSA) is 84.7 Å². The molecular weight excluding hydrogens is 312 g/mol. The third-order valence-electron chi connectivity index (χ3n) is 3.55. The molecular formula is C14H17F2N3O4. The van der Waals surface area contributed by atoms with Crippen LogP contribution in [0.5, 0.6) is 5.75 Å². The molecule has 1 amide bonds. The van der Waals surface area contributed by atoms with Crippen LogP contribution in [0.3, 0.4) is 0 Å². The third kappa shape index (κ3) is 4.51. The number of nitrogens with one attached hydrogen (secondary N) is 1. The summed E-state index contributed by atoms with van der Waals surface area (Å²) < 4.78 is 29.1. The maximum Gasteiger partial charge on any atom is 0.387 e. The summed E-state index contributed by atoms with van der Waals surface area (Å²) in [5.41, 5.74) is 0.0331. The minimum absolute atomic E-state index is 0.0455. The molecule has 0 aliphatic carbocycles. The molecule has 0 spiro atoms. The average molecular weight is 329 g/mol. The molecule has 2 rings (SSSR count). The second-order valence-electron chi connectivity index (χ2n) is 5.27. The monoisotopic (exact) mass is 329 g/mol. The van der Waals surface area contributed by atoms with Crippen molar-refractivity contribution in [3.8, 4) is 5.75 Å². The van der Waals surface area contributed by atoms with Crippen molar-refractivity contribution in [2.24, 2.45) is 0 Å². The molecule has 0 bridgehead atoms. The van der Waals surface area contributed by atoms with Crippen LogP contribution in [0, 0.1) is 10.1 Å². The summed E-state index contributed by atoms with van der Waals surface area (Å²) >= 11 is 0. The van der Waals surface area contributed by atoms with E-state index in [1.807, 2.05) is 4.90 Å². The van der Waals surface area contributed by atoms with Crippen molar-refractivity contribution < 1.29 is 23.2 Å².